The average molecular weight is 285 g/mol. The zero-order chi connectivity index (χ0) is 15.1. The van der Waals surface area contributed by atoms with Gasteiger partial charge in [0.15, 0.2) is 0 Å². The van der Waals surface area contributed by atoms with Crippen LogP contribution >= 0.6 is 0 Å². The van der Waals surface area contributed by atoms with Crippen molar-refractivity contribution in [2.45, 2.75) is 27.2 Å². The van der Waals surface area contributed by atoms with Crippen LogP contribution in [0.5, 0.6) is 0 Å². The van der Waals surface area contributed by atoms with E-state index in [9.17, 15) is 9.59 Å². The third-order valence-electron chi connectivity index (χ3n) is 4.12. The molecule has 6 heteroatoms. The van der Waals surface area contributed by atoms with Crippen molar-refractivity contribution in [1.82, 2.24) is 15.1 Å². The van der Waals surface area contributed by atoms with Crippen LogP contribution in [0.15, 0.2) is 0 Å². The number of hydrogen-bond donors (Lipinski definition) is 2. The van der Waals surface area contributed by atoms with Gasteiger partial charge in [0, 0.05) is 25.6 Å². The predicted molar refractivity (Wildman–Crippen MR) is 77.7 cm³/mol. The minimum atomic E-state index is -0.783. The minimum Gasteiger partial charge on any atom is -0.481 e. The maximum Gasteiger partial charge on any atom is 0.317 e. The molecule has 1 aliphatic heterocycles. The summed E-state index contributed by atoms with van der Waals surface area (Å²) >= 11 is 0. The first-order chi connectivity index (χ1) is 9.49. The van der Waals surface area contributed by atoms with Crippen molar-refractivity contribution in [2.24, 2.45) is 11.8 Å². The Balaban J connectivity index is 2.12. The van der Waals surface area contributed by atoms with Gasteiger partial charge in [0.05, 0.1) is 5.92 Å². The fourth-order valence-electron chi connectivity index (χ4n) is 2.35. The third-order valence-corrected chi connectivity index (χ3v) is 4.12. The quantitative estimate of drug-likeness (QED) is 0.655. The molecule has 1 rings (SSSR count). The molecule has 1 unspecified atom stereocenters. The number of carbonyl (C=O) groups is 2. The number of carboxylic acids is 1. The smallest absolute Gasteiger partial charge is 0.317 e. The van der Waals surface area contributed by atoms with Crippen molar-refractivity contribution < 1.29 is 14.7 Å². The molecule has 20 heavy (non-hydrogen) atoms. The van der Waals surface area contributed by atoms with Crippen LogP contribution in [-0.2, 0) is 4.79 Å². The number of urea groups is 1. The molecule has 1 heterocycles. The van der Waals surface area contributed by atoms with Gasteiger partial charge >= 0.3 is 12.0 Å². The molecule has 0 aromatic heterocycles. The standard InChI is InChI=1S/C14H27N3O3/c1-4-16(5-2)8-6-7-15-14(20)17-9-12(10-17)11(3)13(18)19/h11-12H,4-10H2,1-3H3,(H,15,20)(H,18,19). The maximum atomic E-state index is 11.8. The first-order valence-corrected chi connectivity index (χ1v) is 7.47. The molecule has 0 aromatic carbocycles. The Labute approximate surface area is 121 Å². The Kier molecular flexibility index (Phi) is 6.78. The molecule has 0 saturated carbocycles. The van der Waals surface area contributed by atoms with E-state index in [4.69, 9.17) is 5.11 Å². The van der Waals surface area contributed by atoms with E-state index >= 15 is 0 Å². The van der Waals surface area contributed by atoms with Crippen LogP contribution in [0, 0.1) is 11.8 Å². The second-order valence-electron chi connectivity index (χ2n) is 5.40. The number of carboxylic acid groups (broad SMARTS) is 1. The minimum absolute atomic E-state index is 0.0709. The largest absolute Gasteiger partial charge is 0.481 e. The van der Waals surface area contributed by atoms with Gasteiger partial charge in [0.2, 0.25) is 0 Å². The molecular formula is C14H27N3O3. The second-order valence-corrected chi connectivity index (χ2v) is 5.40. The fraction of sp³-hybridized carbons (Fsp3) is 0.857. The second kappa shape index (κ2) is 8.09. The van der Waals surface area contributed by atoms with Crippen LogP contribution in [0.1, 0.15) is 27.2 Å². The maximum absolute atomic E-state index is 11.8. The molecule has 0 spiro atoms. The number of aliphatic carboxylic acids is 1. The SMILES string of the molecule is CCN(CC)CCCNC(=O)N1CC(C(C)C(=O)O)C1. The molecule has 0 aliphatic carbocycles. The van der Waals surface area contributed by atoms with Gasteiger partial charge in [-0.25, -0.2) is 4.79 Å². The third kappa shape index (κ3) is 4.67. The number of nitrogens with zero attached hydrogens (tertiary/aromatic N) is 2. The molecule has 0 aromatic rings. The number of rotatable bonds is 8. The first kappa shape index (κ1) is 16.8. The summed E-state index contributed by atoms with van der Waals surface area (Å²) in [6, 6.07) is -0.0709. The normalized spacial score (nSPS) is 16.9. The van der Waals surface area contributed by atoms with Crippen LogP contribution in [0.2, 0.25) is 0 Å². The molecule has 1 atom stereocenters. The van der Waals surface area contributed by atoms with E-state index in [1.807, 2.05) is 0 Å². The fourth-order valence-corrected chi connectivity index (χ4v) is 2.35. The summed E-state index contributed by atoms with van der Waals surface area (Å²) in [5, 5.41) is 11.8. The molecule has 1 aliphatic rings. The van der Waals surface area contributed by atoms with E-state index in [1.54, 1.807) is 11.8 Å². The molecule has 1 saturated heterocycles. The highest BCUT2D eigenvalue weighted by Crippen LogP contribution is 2.23. The van der Waals surface area contributed by atoms with Crippen molar-refractivity contribution >= 4 is 12.0 Å². The molecule has 1 fully saturated rings. The van der Waals surface area contributed by atoms with E-state index < -0.39 is 5.97 Å². The molecular weight excluding hydrogens is 258 g/mol. The lowest BCUT2D eigenvalue weighted by Crippen LogP contribution is -2.56. The summed E-state index contributed by atoms with van der Waals surface area (Å²) in [5.41, 5.74) is 0. The number of carbonyl (C=O) groups excluding carboxylic acids is 1. The highest BCUT2D eigenvalue weighted by molar-refractivity contribution is 5.76. The van der Waals surface area contributed by atoms with Gasteiger partial charge in [-0.1, -0.05) is 20.8 Å². The van der Waals surface area contributed by atoms with Gasteiger partial charge < -0.3 is 20.2 Å². The Morgan fingerprint density at radius 1 is 1.35 bits per heavy atom. The molecule has 6 nitrogen and oxygen atoms in total. The predicted octanol–water partition coefficient (Wildman–Crippen LogP) is 1.08. The lowest BCUT2D eigenvalue weighted by atomic mass is 9.87. The Morgan fingerprint density at radius 2 is 1.95 bits per heavy atom. The van der Waals surface area contributed by atoms with Gasteiger partial charge in [-0.05, 0) is 26.1 Å². The summed E-state index contributed by atoms with van der Waals surface area (Å²) in [7, 11) is 0. The molecule has 116 valence electrons. The van der Waals surface area contributed by atoms with Gasteiger partial charge in [-0.2, -0.15) is 0 Å². The summed E-state index contributed by atoms with van der Waals surface area (Å²) in [4.78, 5) is 26.6. The number of hydrogen-bond acceptors (Lipinski definition) is 3. The van der Waals surface area contributed by atoms with Crippen molar-refractivity contribution in [2.75, 3.05) is 39.3 Å². The van der Waals surface area contributed by atoms with Gasteiger partial charge in [0.1, 0.15) is 0 Å². The number of likely N-dealkylation sites (tertiary alicyclic amines) is 1. The highest BCUT2D eigenvalue weighted by atomic mass is 16.4. The van der Waals surface area contributed by atoms with Crippen LogP contribution in [0.3, 0.4) is 0 Å². The first-order valence-electron chi connectivity index (χ1n) is 7.47. The highest BCUT2D eigenvalue weighted by Gasteiger charge is 2.36. The van der Waals surface area contributed by atoms with E-state index in [2.05, 4.69) is 24.1 Å². The van der Waals surface area contributed by atoms with Crippen LogP contribution < -0.4 is 5.32 Å². The Bertz CT molecular complexity index is 326. The van der Waals surface area contributed by atoms with E-state index in [0.29, 0.717) is 19.6 Å². The van der Waals surface area contributed by atoms with Crippen LogP contribution in [0.25, 0.3) is 0 Å². The van der Waals surface area contributed by atoms with Crippen molar-refractivity contribution in [3.63, 3.8) is 0 Å². The molecule has 2 amide bonds. The molecule has 0 radical (unpaired) electrons. The van der Waals surface area contributed by atoms with E-state index in [0.717, 1.165) is 26.1 Å². The Hall–Kier alpha value is -1.30. The van der Waals surface area contributed by atoms with E-state index in [-0.39, 0.29) is 17.9 Å². The van der Waals surface area contributed by atoms with Gasteiger partial charge in [-0.15, -0.1) is 0 Å². The van der Waals surface area contributed by atoms with Gasteiger partial charge in [-0.3, -0.25) is 4.79 Å². The lowest BCUT2D eigenvalue weighted by molar-refractivity contribution is -0.144. The van der Waals surface area contributed by atoms with Crippen molar-refractivity contribution in [3.8, 4) is 0 Å². The summed E-state index contributed by atoms with van der Waals surface area (Å²) in [6.07, 6.45) is 0.941. The monoisotopic (exact) mass is 285 g/mol. The van der Waals surface area contributed by atoms with Crippen molar-refractivity contribution in [3.05, 3.63) is 0 Å². The van der Waals surface area contributed by atoms with Crippen LogP contribution in [-0.4, -0.2) is 66.2 Å². The zero-order valence-corrected chi connectivity index (χ0v) is 12.8. The van der Waals surface area contributed by atoms with Crippen LogP contribution in [0.4, 0.5) is 4.79 Å². The summed E-state index contributed by atoms with van der Waals surface area (Å²) in [5.74, 6) is -1.06. The van der Waals surface area contributed by atoms with Gasteiger partial charge in [0.25, 0.3) is 0 Å². The zero-order valence-electron chi connectivity index (χ0n) is 12.8. The summed E-state index contributed by atoms with van der Waals surface area (Å²) in [6.45, 7) is 10.8. The topological polar surface area (TPSA) is 72.9 Å². The number of nitrogens with one attached hydrogen (secondary N) is 1. The molecule has 0 bridgehead atoms. The van der Waals surface area contributed by atoms with Crippen molar-refractivity contribution in [1.29, 1.82) is 0 Å². The molecule has 2 N–H and O–H groups in total. The lowest BCUT2D eigenvalue weighted by Gasteiger charge is -2.41. The Morgan fingerprint density at radius 3 is 2.45 bits per heavy atom. The average Bonchev–Trinajstić information content (AvgIpc) is 2.37. The number of amides is 2. The summed E-state index contributed by atoms with van der Waals surface area (Å²) < 4.78 is 0. The van der Waals surface area contributed by atoms with E-state index in [1.165, 1.54) is 0 Å².